The molecule has 1 aliphatic carbocycles. The molecule has 2 fully saturated rings. The Morgan fingerprint density at radius 2 is 2.31 bits per heavy atom. The average Bonchev–Trinajstić information content (AvgIpc) is 2.78. The van der Waals surface area contributed by atoms with Crippen LogP contribution in [0.25, 0.3) is 0 Å². The van der Waals surface area contributed by atoms with Gasteiger partial charge in [0.25, 0.3) is 5.19 Å². The van der Waals surface area contributed by atoms with E-state index in [9.17, 15) is 0 Å². The molecular formula is C10H15N3O2S. The summed E-state index contributed by atoms with van der Waals surface area (Å²) in [5.74, 6) is 0. The normalized spacial score (nSPS) is 24.9. The minimum atomic E-state index is 0.164. The quantitative estimate of drug-likeness (QED) is 0.832. The SMILES string of the molecule is C1CC(Oc2nnc(CNC3CC3)s2)CO1. The van der Waals surface area contributed by atoms with E-state index in [1.54, 1.807) is 0 Å². The number of hydrogen-bond donors (Lipinski definition) is 1. The van der Waals surface area contributed by atoms with Crippen LogP contribution in [-0.2, 0) is 11.3 Å². The van der Waals surface area contributed by atoms with E-state index in [1.165, 1.54) is 24.2 Å². The van der Waals surface area contributed by atoms with Crippen molar-refractivity contribution in [2.24, 2.45) is 0 Å². The number of rotatable bonds is 5. The third-order valence-electron chi connectivity index (χ3n) is 2.72. The monoisotopic (exact) mass is 241 g/mol. The lowest BCUT2D eigenvalue weighted by Gasteiger charge is -2.06. The summed E-state index contributed by atoms with van der Waals surface area (Å²) < 4.78 is 10.9. The molecule has 6 heteroatoms. The van der Waals surface area contributed by atoms with Crippen LogP contribution >= 0.6 is 11.3 Å². The Hall–Kier alpha value is -0.720. The fourth-order valence-corrected chi connectivity index (χ4v) is 2.33. The lowest BCUT2D eigenvalue weighted by Crippen LogP contribution is -2.15. The maximum atomic E-state index is 5.67. The van der Waals surface area contributed by atoms with Gasteiger partial charge in [0.1, 0.15) is 11.1 Å². The van der Waals surface area contributed by atoms with Gasteiger partial charge in [0, 0.05) is 12.5 Å². The molecule has 2 heterocycles. The van der Waals surface area contributed by atoms with Crippen molar-refractivity contribution in [2.45, 2.75) is 38.0 Å². The maximum Gasteiger partial charge on any atom is 0.294 e. The number of nitrogens with one attached hydrogen (secondary N) is 1. The summed E-state index contributed by atoms with van der Waals surface area (Å²) in [6.45, 7) is 2.28. The van der Waals surface area contributed by atoms with Crippen molar-refractivity contribution in [1.29, 1.82) is 0 Å². The Labute approximate surface area is 98.2 Å². The molecule has 1 N–H and O–H groups in total. The molecule has 1 unspecified atom stereocenters. The van der Waals surface area contributed by atoms with Gasteiger partial charge in [-0.25, -0.2) is 0 Å². The average molecular weight is 241 g/mol. The van der Waals surface area contributed by atoms with E-state index in [4.69, 9.17) is 9.47 Å². The van der Waals surface area contributed by atoms with Crippen molar-refractivity contribution >= 4 is 11.3 Å². The number of aromatic nitrogens is 2. The van der Waals surface area contributed by atoms with Crippen LogP contribution in [0, 0.1) is 0 Å². The molecule has 0 amide bonds. The smallest absolute Gasteiger partial charge is 0.294 e. The van der Waals surface area contributed by atoms with Gasteiger partial charge in [0.15, 0.2) is 0 Å². The van der Waals surface area contributed by atoms with Crippen molar-refractivity contribution in [2.75, 3.05) is 13.2 Å². The zero-order valence-electron chi connectivity index (χ0n) is 9.02. The number of ether oxygens (including phenoxy) is 2. The van der Waals surface area contributed by atoms with Gasteiger partial charge in [0.2, 0.25) is 0 Å². The van der Waals surface area contributed by atoms with E-state index in [-0.39, 0.29) is 6.10 Å². The molecule has 1 aromatic heterocycles. The minimum Gasteiger partial charge on any atom is -0.463 e. The zero-order valence-corrected chi connectivity index (χ0v) is 9.83. The summed E-state index contributed by atoms with van der Waals surface area (Å²) in [6.07, 6.45) is 3.70. The van der Waals surface area contributed by atoms with Crippen molar-refractivity contribution in [3.63, 3.8) is 0 Å². The summed E-state index contributed by atoms with van der Waals surface area (Å²) in [4.78, 5) is 0. The van der Waals surface area contributed by atoms with Crippen LogP contribution in [0.15, 0.2) is 0 Å². The van der Waals surface area contributed by atoms with E-state index in [1.807, 2.05) is 0 Å². The van der Waals surface area contributed by atoms with Crippen molar-refractivity contribution in [1.82, 2.24) is 15.5 Å². The van der Waals surface area contributed by atoms with Crippen LogP contribution in [0.3, 0.4) is 0 Å². The highest BCUT2D eigenvalue weighted by atomic mass is 32.1. The van der Waals surface area contributed by atoms with Gasteiger partial charge >= 0.3 is 0 Å². The second kappa shape index (κ2) is 4.65. The Bertz CT molecular complexity index is 348. The highest BCUT2D eigenvalue weighted by Gasteiger charge is 2.22. The van der Waals surface area contributed by atoms with Crippen LogP contribution in [-0.4, -0.2) is 35.6 Å². The molecule has 1 saturated heterocycles. The molecule has 1 saturated carbocycles. The Morgan fingerprint density at radius 3 is 3.06 bits per heavy atom. The summed E-state index contributed by atoms with van der Waals surface area (Å²) in [6, 6.07) is 0.705. The lowest BCUT2D eigenvalue weighted by atomic mass is 10.3. The maximum absolute atomic E-state index is 5.67. The van der Waals surface area contributed by atoms with Crippen molar-refractivity contribution in [3.8, 4) is 5.19 Å². The molecule has 1 aliphatic heterocycles. The molecule has 0 bridgehead atoms. The van der Waals surface area contributed by atoms with Gasteiger partial charge in [-0.05, 0) is 12.8 Å². The molecule has 0 aromatic carbocycles. The third kappa shape index (κ3) is 2.69. The first-order valence-corrected chi connectivity index (χ1v) is 6.52. The van der Waals surface area contributed by atoms with Gasteiger partial charge in [-0.2, -0.15) is 0 Å². The first kappa shape index (κ1) is 10.4. The van der Waals surface area contributed by atoms with E-state index < -0.39 is 0 Å². The summed E-state index contributed by atoms with van der Waals surface area (Å²) in [5.41, 5.74) is 0. The molecule has 3 rings (SSSR count). The van der Waals surface area contributed by atoms with Gasteiger partial charge < -0.3 is 14.8 Å². The molecule has 1 atom stereocenters. The van der Waals surface area contributed by atoms with Crippen molar-refractivity contribution < 1.29 is 9.47 Å². The Morgan fingerprint density at radius 1 is 1.38 bits per heavy atom. The molecule has 0 spiro atoms. The topological polar surface area (TPSA) is 56.3 Å². The highest BCUT2D eigenvalue weighted by molar-refractivity contribution is 7.13. The zero-order chi connectivity index (χ0) is 10.8. The van der Waals surface area contributed by atoms with Gasteiger partial charge in [-0.15, -0.1) is 5.10 Å². The van der Waals surface area contributed by atoms with Crippen LogP contribution < -0.4 is 10.1 Å². The second-order valence-corrected chi connectivity index (χ2v) is 5.24. The summed E-state index contributed by atoms with van der Waals surface area (Å²) >= 11 is 1.53. The third-order valence-corrected chi connectivity index (χ3v) is 3.54. The van der Waals surface area contributed by atoms with E-state index >= 15 is 0 Å². The first-order chi connectivity index (χ1) is 7.90. The van der Waals surface area contributed by atoms with E-state index in [0.29, 0.717) is 17.8 Å². The Balaban J connectivity index is 1.50. The lowest BCUT2D eigenvalue weighted by molar-refractivity contribution is 0.140. The predicted molar refractivity (Wildman–Crippen MR) is 59.6 cm³/mol. The summed E-state index contributed by atoms with van der Waals surface area (Å²) in [7, 11) is 0. The fraction of sp³-hybridized carbons (Fsp3) is 0.800. The molecule has 1 aromatic rings. The second-order valence-electron chi connectivity index (χ2n) is 4.22. The van der Waals surface area contributed by atoms with Gasteiger partial charge in [-0.1, -0.05) is 16.4 Å². The molecule has 0 radical (unpaired) electrons. The standard InChI is InChI=1S/C10H15N3O2S/c1-2-7(1)11-5-9-12-13-10(16-9)15-8-3-4-14-6-8/h7-8,11H,1-6H2. The molecule has 16 heavy (non-hydrogen) atoms. The van der Waals surface area contributed by atoms with Crippen LogP contribution in [0.2, 0.25) is 0 Å². The van der Waals surface area contributed by atoms with Gasteiger partial charge in [0.05, 0.1) is 19.8 Å². The largest absolute Gasteiger partial charge is 0.463 e. The molecule has 5 nitrogen and oxygen atoms in total. The van der Waals surface area contributed by atoms with Crippen LogP contribution in [0.4, 0.5) is 0 Å². The van der Waals surface area contributed by atoms with E-state index in [0.717, 1.165) is 24.6 Å². The first-order valence-electron chi connectivity index (χ1n) is 5.70. The predicted octanol–water partition coefficient (Wildman–Crippen LogP) is 0.958. The minimum absolute atomic E-state index is 0.164. The fourth-order valence-electron chi connectivity index (χ4n) is 1.62. The van der Waals surface area contributed by atoms with E-state index in [2.05, 4.69) is 15.5 Å². The van der Waals surface area contributed by atoms with Crippen LogP contribution in [0.1, 0.15) is 24.3 Å². The molecule has 88 valence electrons. The van der Waals surface area contributed by atoms with Crippen molar-refractivity contribution in [3.05, 3.63) is 5.01 Å². The number of hydrogen-bond acceptors (Lipinski definition) is 6. The number of nitrogens with zero attached hydrogens (tertiary/aromatic N) is 2. The Kier molecular flexibility index (Phi) is 3.03. The highest BCUT2D eigenvalue weighted by Crippen LogP contribution is 2.23. The van der Waals surface area contributed by atoms with Gasteiger partial charge in [-0.3, -0.25) is 0 Å². The molecule has 2 aliphatic rings. The summed E-state index contributed by atoms with van der Waals surface area (Å²) in [5, 5.41) is 13.2. The van der Waals surface area contributed by atoms with Crippen LogP contribution in [0.5, 0.6) is 5.19 Å². The molecular weight excluding hydrogens is 226 g/mol.